The van der Waals surface area contributed by atoms with Crippen LogP contribution in [0.3, 0.4) is 0 Å². The maximum Gasteiger partial charge on any atom is 0.184 e. The Hall–Kier alpha value is -2.02. The molecule has 0 unspecified atom stereocenters. The average molecular weight is 294 g/mol. The Labute approximate surface area is 118 Å². The van der Waals surface area contributed by atoms with Gasteiger partial charge in [-0.2, -0.15) is 5.10 Å². The van der Waals surface area contributed by atoms with Crippen molar-refractivity contribution in [1.82, 2.24) is 19.3 Å². The molecule has 0 atom stereocenters. The summed E-state index contributed by atoms with van der Waals surface area (Å²) in [6.07, 6.45) is 0.720. The van der Waals surface area contributed by atoms with Crippen molar-refractivity contribution >= 4 is 23.4 Å². The molecule has 0 radical (unpaired) electrons. The van der Waals surface area contributed by atoms with E-state index < -0.39 is 11.6 Å². The standard InChI is InChI=1S/C13H12F2N4S/c1-3-9-11-12(18(2)17-9)19(13(20)16-11)10-6-7(14)4-5-8(10)15/h4-6H,3H2,1-2H3,(H,16,20). The highest BCUT2D eigenvalue weighted by Gasteiger charge is 2.17. The molecular weight excluding hydrogens is 282 g/mol. The summed E-state index contributed by atoms with van der Waals surface area (Å²) in [4.78, 5) is 3.02. The number of nitrogens with zero attached hydrogens (tertiary/aromatic N) is 3. The first kappa shape index (κ1) is 13.0. The van der Waals surface area contributed by atoms with Gasteiger partial charge in [0.25, 0.3) is 0 Å². The third-order valence-electron chi connectivity index (χ3n) is 3.22. The summed E-state index contributed by atoms with van der Waals surface area (Å²) in [6.45, 7) is 1.97. The number of imidazole rings is 1. The summed E-state index contributed by atoms with van der Waals surface area (Å²) in [6, 6.07) is 3.28. The predicted octanol–water partition coefficient (Wildman–Crippen LogP) is 3.26. The Morgan fingerprint density at radius 3 is 2.80 bits per heavy atom. The number of halogens is 2. The molecule has 0 aliphatic heterocycles. The summed E-state index contributed by atoms with van der Waals surface area (Å²) in [5.74, 6) is -1.06. The molecule has 7 heteroatoms. The van der Waals surface area contributed by atoms with Crippen molar-refractivity contribution in [2.75, 3.05) is 0 Å². The van der Waals surface area contributed by atoms with E-state index in [4.69, 9.17) is 12.2 Å². The van der Waals surface area contributed by atoms with Gasteiger partial charge < -0.3 is 4.98 Å². The first-order valence-corrected chi connectivity index (χ1v) is 6.55. The number of hydrogen-bond acceptors (Lipinski definition) is 2. The number of rotatable bonds is 2. The van der Waals surface area contributed by atoms with Crippen molar-refractivity contribution in [3.8, 4) is 5.69 Å². The average Bonchev–Trinajstić information content (AvgIpc) is 2.90. The fourth-order valence-electron chi connectivity index (χ4n) is 2.34. The van der Waals surface area contributed by atoms with Crippen molar-refractivity contribution in [3.63, 3.8) is 0 Å². The van der Waals surface area contributed by atoms with Crippen molar-refractivity contribution in [3.05, 3.63) is 40.3 Å². The summed E-state index contributed by atoms with van der Waals surface area (Å²) in [7, 11) is 1.75. The van der Waals surface area contributed by atoms with Crippen molar-refractivity contribution in [1.29, 1.82) is 0 Å². The molecule has 0 saturated carbocycles. The summed E-state index contributed by atoms with van der Waals surface area (Å²) >= 11 is 5.24. The maximum absolute atomic E-state index is 14.0. The smallest absolute Gasteiger partial charge is 0.184 e. The number of aryl methyl sites for hydroxylation is 2. The molecule has 4 nitrogen and oxygen atoms in total. The molecule has 20 heavy (non-hydrogen) atoms. The number of fused-ring (bicyclic) bond motifs is 1. The van der Waals surface area contributed by atoms with Crippen LogP contribution in [0, 0.1) is 16.4 Å². The second-order valence-corrected chi connectivity index (χ2v) is 4.87. The van der Waals surface area contributed by atoms with Crippen LogP contribution in [0.4, 0.5) is 8.78 Å². The second kappa shape index (κ2) is 4.52. The third kappa shape index (κ3) is 1.77. The SMILES string of the molecule is CCc1nn(C)c2c1[nH]c(=S)n2-c1cc(F)ccc1F. The lowest BCUT2D eigenvalue weighted by Gasteiger charge is -2.06. The lowest BCUT2D eigenvalue weighted by atomic mass is 10.3. The van der Waals surface area contributed by atoms with Crippen LogP contribution in [0.5, 0.6) is 0 Å². The quantitative estimate of drug-likeness (QED) is 0.737. The van der Waals surface area contributed by atoms with Crippen LogP contribution in [0.2, 0.25) is 0 Å². The zero-order chi connectivity index (χ0) is 14.4. The first-order valence-electron chi connectivity index (χ1n) is 6.15. The van der Waals surface area contributed by atoms with Gasteiger partial charge in [-0.1, -0.05) is 6.92 Å². The Morgan fingerprint density at radius 1 is 1.35 bits per heavy atom. The number of benzene rings is 1. The molecular formula is C13H12F2N4S. The largest absolute Gasteiger partial charge is 0.327 e. The van der Waals surface area contributed by atoms with Crippen LogP contribution in [-0.4, -0.2) is 19.3 Å². The molecule has 0 spiro atoms. The van der Waals surface area contributed by atoms with Crippen molar-refractivity contribution in [2.24, 2.45) is 7.05 Å². The number of nitrogens with one attached hydrogen (secondary N) is 1. The van der Waals surface area contributed by atoms with Crippen LogP contribution in [0.1, 0.15) is 12.6 Å². The number of H-pyrrole nitrogens is 1. The lowest BCUT2D eigenvalue weighted by Crippen LogP contribution is -2.03. The van der Waals surface area contributed by atoms with Crippen molar-refractivity contribution in [2.45, 2.75) is 13.3 Å². The zero-order valence-electron chi connectivity index (χ0n) is 10.9. The van der Waals surface area contributed by atoms with Crippen LogP contribution < -0.4 is 0 Å². The molecule has 3 aromatic rings. The van der Waals surface area contributed by atoms with Gasteiger partial charge in [0.2, 0.25) is 0 Å². The molecule has 0 saturated heterocycles. The Kier molecular flexibility index (Phi) is 2.93. The Morgan fingerprint density at radius 2 is 2.10 bits per heavy atom. The van der Waals surface area contributed by atoms with E-state index in [-0.39, 0.29) is 5.69 Å². The number of aromatic amines is 1. The molecule has 1 aromatic carbocycles. The minimum atomic E-state index is -0.539. The molecule has 0 aliphatic carbocycles. The summed E-state index contributed by atoms with van der Waals surface area (Å²) < 4.78 is 30.8. The van der Waals surface area contributed by atoms with E-state index >= 15 is 0 Å². The summed E-state index contributed by atoms with van der Waals surface area (Å²) in [5.41, 5.74) is 2.29. The molecule has 0 aliphatic rings. The van der Waals surface area contributed by atoms with Gasteiger partial charge in [0.1, 0.15) is 17.2 Å². The van der Waals surface area contributed by atoms with E-state index in [0.29, 0.717) is 10.4 Å². The van der Waals surface area contributed by atoms with Crippen LogP contribution in [0.25, 0.3) is 16.9 Å². The maximum atomic E-state index is 14.0. The fraction of sp³-hybridized carbons (Fsp3) is 0.231. The van der Waals surface area contributed by atoms with Crippen LogP contribution in [0.15, 0.2) is 18.2 Å². The Balaban J connectivity index is 2.42. The molecule has 104 valence electrons. The zero-order valence-corrected chi connectivity index (χ0v) is 11.8. The molecule has 3 rings (SSSR count). The molecule has 0 bridgehead atoms. The monoisotopic (exact) mass is 294 g/mol. The van der Waals surface area contributed by atoms with Gasteiger partial charge >= 0.3 is 0 Å². The van der Waals surface area contributed by atoms with Gasteiger partial charge in [0.15, 0.2) is 10.4 Å². The normalized spacial score (nSPS) is 11.4. The third-order valence-corrected chi connectivity index (χ3v) is 3.50. The van der Waals surface area contributed by atoms with Crippen LogP contribution >= 0.6 is 12.2 Å². The highest BCUT2D eigenvalue weighted by Crippen LogP contribution is 2.24. The van der Waals surface area contributed by atoms with Crippen LogP contribution in [-0.2, 0) is 13.5 Å². The lowest BCUT2D eigenvalue weighted by molar-refractivity contribution is 0.591. The van der Waals surface area contributed by atoms with Gasteiger partial charge in [-0.15, -0.1) is 0 Å². The van der Waals surface area contributed by atoms with Gasteiger partial charge in [0, 0.05) is 13.1 Å². The van der Waals surface area contributed by atoms with Gasteiger partial charge in [0.05, 0.1) is 11.4 Å². The van der Waals surface area contributed by atoms with E-state index in [9.17, 15) is 8.78 Å². The highest BCUT2D eigenvalue weighted by molar-refractivity contribution is 7.71. The van der Waals surface area contributed by atoms with E-state index in [0.717, 1.165) is 35.8 Å². The van der Waals surface area contributed by atoms with Gasteiger partial charge in [-0.3, -0.25) is 4.57 Å². The second-order valence-electron chi connectivity index (χ2n) is 4.48. The molecule has 0 amide bonds. The van der Waals surface area contributed by atoms with E-state index in [1.54, 1.807) is 11.7 Å². The van der Waals surface area contributed by atoms with Gasteiger partial charge in [-0.05, 0) is 30.8 Å². The van der Waals surface area contributed by atoms with Gasteiger partial charge in [-0.25, -0.2) is 13.5 Å². The molecule has 2 heterocycles. The molecule has 0 fully saturated rings. The Bertz CT molecular complexity index is 859. The molecule has 2 aromatic heterocycles. The highest BCUT2D eigenvalue weighted by atomic mass is 32.1. The van der Waals surface area contributed by atoms with E-state index in [1.807, 2.05) is 6.92 Å². The molecule has 1 N–H and O–H groups in total. The number of aromatic nitrogens is 4. The minimum Gasteiger partial charge on any atom is -0.327 e. The summed E-state index contributed by atoms with van der Waals surface area (Å²) in [5, 5.41) is 4.35. The van der Waals surface area contributed by atoms with E-state index in [1.165, 1.54) is 4.57 Å². The predicted molar refractivity (Wildman–Crippen MR) is 74.5 cm³/mol. The van der Waals surface area contributed by atoms with E-state index in [2.05, 4.69) is 10.1 Å². The van der Waals surface area contributed by atoms with Crippen molar-refractivity contribution < 1.29 is 8.78 Å². The topological polar surface area (TPSA) is 38.5 Å². The minimum absolute atomic E-state index is 0.0758. The first-order chi connectivity index (χ1) is 9.52. The number of hydrogen-bond donors (Lipinski definition) is 1. The fourth-order valence-corrected chi connectivity index (χ4v) is 2.63.